The second kappa shape index (κ2) is 10.2. The van der Waals surface area contributed by atoms with E-state index in [-0.39, 0.29) is 24.4 Å². The molecule has 0 bridgehead atoms. The average Bonchev–Trinajstić information content (AvgIpc) is 3.57. The lowest BCUT2D eigenvalue weighted by Crippen LogP contribution is -2.50. The largest absolute Gasteiger partial charge is 0.463 e. The maximum absolute atomic E-state index is 13.6. The Morgan fingerprint density at radius 1 is 1.17 bits per heavy atom. The number of unbranched alkanes of at least 4 members (excludes halogenated alkanes) is 3. The summed E-state index contributed by atoms with van der Waals surface area (Å²) in [4.78, 5) is 40.2. The van der Waals surface area contributed by atoms with E-state index < -0.39 is 23.0 Å². The topological polar surface area (TPSA) is 111 Å². The number of hydrogen-bond donors (Lipinski definition) is 2. The molecule has 0 radical (unpaired) electrons. The molecule has 1 fully saturated rings. The Hall–Kier alpha value is -3.19. The Bertz CT molecular complexity index is 1120. The van der Waals surface area contributed by atoms with Gasteiger partial charge in [0.25, 0.3) is 5.60 Å². The average molecular weight is 479 g/mol. The van der Waals surface area contributed by atoms with E-state index in [9.17, 15) is 14.4 Å². The van der Waals surface area contributed by atoms with Gasteiger partial charge >= 0.3 is 5.97 Å². The summed E-state index contributed by atoms with van der Waals surface area (Å²) in [5, 5.41) is 3.05. The van der Waals surface area contributed by atoms with Gasteiger partial charge in [0.15, 0.2) is 11.4 Å². The molecule has 2 heterocycles. The number of carbonyl (C=O) groups is 3. The van der Waals surface area contributed by atoms with Gasteiger partial charge in [-0.2, -0.15) is 0 Å². The lowest BCUT2D eigenvalue weighted by Gasteiger charge is -2.23. The molecule has 2 atom stereocenters. The molecule has 0 amide bonds. The minimum absolute atomic E-state index is 0.140. The molecule has 7 heteroatoms. The Balaban J connectivity index is 1.52. The number of epoxide rings is 1. The van der Waals surface area contributed by atoms with E-state index in [2.05, 4.69) is 18.3 Å². The zero-order valence-electron chi connectivity index (χ0n) is 20.5. The number of nitrogens with one attached hydrogen (secondary N) is 1. The van der Waals surface area contributed by atoms with Crippen molar-refractivity contribution < 1.29 is 23.9 Å². The number of esters is 1. The molecule has 0 aromatic heterocycles. The van der Waals surface area contributed by atoms with Crippen LogP contribution in [-0.4, -0.2) is 41.9 Å². The molecule has 3 aliphatic rings. The Kier molecular flexibility index (Phi) is 7.26. The number of rotatable bonds is 11. The van der Waals surface area contributed by atoms with Crippen molar-refractivity contribution in [2.45, 2.75) is 70.0 Å². The quantitative estimate of drug-likeness (QED) is 0.162. The minimum atomic E-state index is -1.89. The fourth-order valence-electron chi connectivity index (χ4n) is 4.88. The highest BCUT2D eigenvalue weighted by molar-refractivity contribution is 6.32. The highest BCUT2D eigenvalue weighted by Crippen LogP contribution is 2.58. The van der Waals surface area contributed by atoms with Gasteiger partial charge in [-0.1, -0.05) is 68.2 Å². The molecule has 2 unspecified atom stereocenters. The Labute approximate surface area is 206 Å². The van der Waals surface area contributed by atoms with Gasteiger partial charge in [0.2, 0.25) is 5.78 Å². The van der Waals surface area contributed by atoms with Crippen LogP contribution in [0.3, 0.4) is 0 Å². The zero-order valence-corrected chi connectivity index (χ0v) is 20.5. The van der Waals surface area contributed by atoms with Crippen LogP contribution >= 0.6 is 0 Å². The lowest BCUT2D eigenvalue weighted by molar-refractivity contribution is -0.148. The van der Waals surface area contributed by atoms with Crippen LogP contribution in [0.2, 0.25) is 0 Å². The number of allylic oxidation sites excluding steroid dienone is 3. The van der Waals surface area contributed by atoms with Crippen molar-refractivity contribution in [2.24, 2.45) is 5.73 Å². The summed E-state index contributed by atoms with van der Waals surface area (Å²) in [6, 6.07) is 6.59. The summed E-state index contributed by atoms with van der Waals surface area (Å²) in [6.45, 7) is 4.99. The van der Waals surface area contributed by atoms with Crippen molar-refractivity contribution in [3.63, 3.8) is 0 Å². The molecule has 3 N–H and O–H groups in total. The number of Topliss-reactive ketones (excluding diaryl/α,β-unsaturated/α-hetero) is 2. The fourth-order valence-corrected chi connectivity index (χ4v) is 4.88. The SMILES string of the molecule is CCCCCCOC(=O)C12OC1(CC=C(C)CCC1=CCNC(N)=C1)C(=O)c1ccccc1C2=O. The summed E-state index contributed by atoms with van der Waals surface area (Å²) < 4.78 is 11.4. The smallest absolute Gasteiger partial charge is 0.350 e. The Morgan fingerprint density at radius 2 is 1.91 bits per heavy atom. The summed E-state index contributed by atoms with van der Waals surface area (Å²) >= 11 is 0. The van der Waals surface area contributed by atoms with Crippen LogP contribution in [0.15, 0.2) is 59.5 Å². The van der Waals surface area contributed by atoms with Crippen LogP contribution in [0.1, 0.15) is 79.5 Å². The molecule has 4 rings (SSSR count). The first-order valence-corrected chi connectivity index (χ1v) is 12.5. The highest BCUT2D eigenvalue weighted by atomic mass is 16.7. The third-order valence-corrected chi connectivity index (χ3v) is 7.03. The number of carbonyl (C=O) groups excluding carboxylic acids is 3. The number of hydrogen-bond acceptors (Lipinski definition) is 7. The van der Waals surface area contributed by atoms with Crippen molar-refractivity contribution >= 4 is 17.5 Å². The summed E-state index contributed by atoms with van der Waals surface area (Å²) in [5.74, 6) is -0.931. The third kappa shape index (κ3) is 4.57. The van der Waals surface area contributed by atoms with Crippen molar-refractivity contribution in [2.75, 3.05) is 13.2 Å². The van der Waals surface area contributed by atoms with Crippen LogP contribution in [0.5, 0.6) is 0 Å². The maximum atomic E-state index is 13.6. The third-order valence-electron chi connectivity index (χ3n) is 7.03. The number of nitrogens with two attached hydrogens (primary N) is 1. The van der Waals surface area contributed by atoms with E-state index in [1.165, 1.54) is 0 Å². The number of ketones is 2. The monoisotopic (exact) mass is 478 g/mol. The first-order chi connectivity index (χ1) is 16.9. The molecule has 2 aliphatic heterocycles. The van der Waals surface area contributed by atoms with Crippen LogP contribution in [0, 0.1) is 0 Å². The van der Waals surface area contributed by atoms with Gasteiger partial charge in [0.05, 0.1) is 12.4 Å². The van der Waals surface area contributed by atoms with Crippen molar-refractivity contribution in [1.82, 2.24) is 5.32 Å². The van der Waals surface area contributed by atoms with E-state index in [1.54, 1.807) is 24.3 Å². The van der Waals surface area contributed by atoms with E-state index in [0.717, 1.165) is 43.3 Å². The van der Waals surface area contributed by atoms with Gasteiger partial charge < -0.3 is 20.5 Å². The number of benzene rings is 1. The molecule has 0 saturated carbocycles. The van der Waals surface area contributed by atoms with Crippen LogP contribution in [0.25, 0.3) is 0 Å². The lowest BCUT2D eigenvalue weighted by atomic mass is 9.72. The fraction of sp³-hybridized carbons (Fsp3) is 0.464. The van der Waals surface area contributed by atoms with Gasteiger partial charge in [0.1, 0.15) is 0 Å². The minimum Gasteiger partial charge on any atom is -0.463 e. The van der Waals surface area contributed by atoms with Crippen molar-refractivity contribution in [1.29, 1.82) is 0 Å². The van der Waals surface area contributed by atoms with Crippen molar-refractivity contribution in [3.05, 3.63) is 70.6 Å². The van der Waals surface area contributed by atoms with Crippen molar-refractivity contribution in [3.8, 4) is 0 Å². The molecule has 1 aromatic rings. The van der Waals surface area contributed by atoms with Crippen LogP contribution in [0.4, 0.5) is 0 Å². The van der Waals surface area contributed by atoms with Gasteiger partial charge in [-0.15, -0.1) is 0 Å². The van der Waals surface area contributed by atoms with E-state index in [4.69, 9.17) is 15.2 Å². The van der Waals surface area contributed by atoms with Gasteiger partial charge in [-0.25, -0.2) is 4.79 Å². The van der Waals surface area contributed by atoms with Crippen LogP contribution in [-0.2, 0) is 14.3 Å². The first kappa shape index (κ1) is 24.9. The number of dihydropyridines is 1. The zero-order chi connectivity index (χ0) is 25.1. The molecule has 1 aliphatic carbocycles. The van der Waals surface area contributed by atoms with Gasteiger partial charge in [0, 0.05) is 24.1 Å². The molecular weight excluding hydrogens is 444 g/mol. The van der Waals surface area contributed by atoms with Gasteiger partial charge in [-0.3, -0.25) is 9.59 Å². The van der Waals surface area contributed by atoms with E-state index in [0.29, 0.717) is 24.4 Å². The van der Waals surface area contributed by atoms with Gasteiger partial charge in [-0.05, 0) is 37.8 Å². The van der Waals surface area contributed by atoms with E-state index in [1.807, 2.05) is 19.1 Å². The summed E-state index contributed by atoms with van der Waals surface area (Å²) in [7, 11) is 0. The molecule has 186 valence electrons. The summed E-state index contributed by atoms with van der Waals surface area (Å²) in [6.07, 6.45) is 11.4. The molecule has 1 aromatic carbocycles. The number of ether oxygens (including phenoxy) is 2. The molecule has 7 nitrogen and oxygen atoms in total. The maximum Gasteiger partial charge on any atom is 0.350 e. The molecule has 35 heavy (non-hydrogen) atoms. The molecule has 0 spiro atoms. The highest BCUT2D eigenvalue weighted by Gasteiger charge is 2.85. The predicted molar refractivity (Wildman–Crippen MR) is 133 cm³/mol. The van der Waals surface area contributed by atoms with E-state index >= 15 is 0 Å². The standard InChI is InChI=1S/C28H34N2O5/c1-3-4-5-8-17-34-26(33)28-25(32)22-10-7-6-9-21(22)24(31)27(28,35-28)15-13-19(2)11-12-20-14-16-30-23(29)18-20/h6-7,9-10,13-14,18,30H,3-5,8,11-12,15-17,29H2,1-2H3. The second-order valence-electron chi connectivity index (χ2n) is 9.52. The first-order valence-electron chi connectivity index (χ1n) is 12.5. The molecular formula is C28H34N2O5. The Morgan fingerprint density at radius 3 is 2.63 bits per heavy atom. The predicted octanol–water partition coefficient (Wildman–Crippen LogP) is 4.14. The molecule has 1 saturated heterocycles. The van der Waals surface area contributed by atoms with Crippen LogP contribution < -0.4 is 11.1 Å². The summed E-state index contributed by atoms with van der Waals surface area (Å²) in [5.41, 5.74) is 5.12. The normalized spacial score (nSPS) is 25.1. The number of fused-ring (bicyclic) bond motifs is 2. The second-order valence-corrected chi connectivity index (χ2v) is 9.52.